The molecule has 0 radical (unpaired) electrons. The van der Waals surface area contributed by atoms with Gasteiger partial charge in [-0.3, -0.25) is 0 Å². The van der Waals surface area contributed by atoms with E-state index >= 15 is 0 Å². The van der Waals surface area contributed by atoms with Crippen molar-refractivity contribution in [3.8, 4) is 0 Å². The van der Waals surface area contributed by atoms with Crippen molar-refractivity contribution in [2.75, 3.05) is 5.75 Å². The third-order valence-corrected chi connectivity index (χ3v) is 4.69. The van der Waals surface area contributed by atoms with Crippen molar-refractivity contribution in [1.29, 1.82) is 0 Å². The highest BCUT2D eigenvalue weighted by Gasteiger charge is 2.07. The first-order chi connectivity index (χ1) is 8.63. The minimum Gasteiger partial charge on any atom is -0.327 e. The number of thiazole rings is 1. The summed E-state index contributed by atoms with van der Waals surface area (Å²) in [6, 6.07) is 7.98. The number of halogens is 1. The second kappa shape index (κ2) is 6.57. The number of aryl methyl sites for hydroxylation is 1. The zero-order valence-electron chi connectivity index (χ0n) is 10.1. The molecular weight excluding hydrogens is 284 g/mol. The second-order valence-corrected chi connectivity index (χ2v) is 6.68. The van der Waals surface area contributed by atoms with Gasteiger partial charge in [0.1, 0.15) is 0 Å². The summed E-state index contributed by atoms with van der Waals surface area (Å²) in [5.74, 6) is 0.887. The normalized spacial score (nSPS) is 12.6. The van der Waals surface area contributed by atoms with E-state index in [2.05, 4.69) is 10.4 Å². The van der Waals surface area contributed by atoms with Crippen LogP contribution in [0.15, 0.2) is 34.5 Å². The van der Waals surface area contributed by atoms with Crippen LogP contribution in [-0.4, -0.2) is 16.8 Å². The van der Waals surface area contributed by atoms with Crippen LogP contribution in [0.1, 0.15) is 10.7 Å². The van der Waals surface area contributed by atoms with E-state index in [4.69, 9.17) is 17.3 Å². The number of hydrogen-bond donors (Lipinski definition) is 1. The molecule has 1 unspecified atom stereocenters. The van der Waals surface area contributed by atoms with Gasteiger partial charge in [-0.1, -0.05) is 11.6 Å². The summed E-state index contributed by atoms with van der Waals surface area (Å²) in [7, 11) is 0. The number of thioether (sulfide) groups is 1. The Hall–Kier alpha value is -0.550. The zero-order chi connectivity index (χ0) is 13.0. The molecule has 0 aliphatic carbocycles. The van der Waals surface area contributed by atoms with Gasteiger partial charge in [-0.05, 0) is 31.2 Å². The molecule has 1 aromatic heterocycles. The molecule has 0 aliphatic rings. The molecule has 5 heteroatoms. The molecule has 1 atom stereocenters. The number of nitrogens with zero attached hydrogens (tertiary/aromatic N) is 1. The Morgan fingerprint density at radius 3 is 2.72 bits per heavy atom. The summed E-state index contributed by atoms with van der Waals surface area (Å²) in [5, 5.41) is 3.95. The molecule has 0 bridgehead atoms. The average Bonchev–Trinajstić information content (AvgIpc) is 2.74. The van der Waals surface area contributed by atoms with Crippen LogP contribution in [0.5, 0.6) is 0 Å². The topological polar surface area (TPSA) is 38.9 Å². The first-order valence-electron chi connectivity index (χ1n) is 5.68. The van der Waals surface area contributed by atoms with Gasteiger partial charge >= 0.3 is 0 Å². The maximum Gasteiger partial charge on any atom is 0.0897 e. The van der Waals surface area contributed by atoms with Crippen LogP contribution in [0.4, 0.5) is 0 Å². The van der Waals surface area contributed by atoms with Crippen molar-refractivity contribution < 1.29 is 0 Å². The van der Waals surface area contributed by atoms with Crippen molar-refractivity contribution in [1.82, 2.24) is 4.98 Å². The molecule has 0 saturated carbocycles. The number of nitrogens with two attached hydrogens (primary N) is 1. The number of benzene rings is 1. The van der Waals surface area contributed by atoms with E-state index in [0.717, 1.165) is 27.9 Å². The van der Waals surface area contributed by atoms with Gasteiger partial charge in [-0.15, -0.1) is 23.1 Å². The van der Waals surface area contributed by atoms with Gasteiger partial charge in [-0.25, -0.2) is 4.98 Å². The quantitative estimate of drug-likeness (QED) is 0.854. The van der Waals surface area contributed by atoms with Crippen LogP contribution in [-0.2, 0) is 6.42 Å². The molecule has 1 heterocycles. The van der Waals surface area contributed by atoms with Crippen molar-refractivity contribution >= 4 is 34.7 Å². The van der Waals surface area contributed by atoms with Gasteiger partial charge in [0, 0.05) is 33.5 Å². The summed E-state index contributed by atoms with van der Waals surface area (Å²) >= 11 is 9.27. The minimum atomic E-state index is 0.132. The van der Waals surface area contributed by atoms with Crippen LogP contribution < -0.4 is 5.73 Å². The predicted octanol–water partition coefficient (Wildman–Crippen LogP) is 3.77. The molecule has 2 nitrogen and oxygen atoms in total. The largest absolute Gasteiger partial charge is 0.327 e. The summed E-state index contributed by atoms with van der Waals surface area (Å²) < 4.78 is 0. The Kier molecular flexibility index (Phi) is 5.06. The first-order valence-corrected chi connectivity index (χ1v) is 7.93. The lowest BCUT2D eigenvalue weighted by molar-refractivity contribution is 0.734. The molecule has 18 heavy (non-hydrogen) atoms. The van der Waals surface area contributed by atoms with Gasteiger partial charge in [0.15, 0.2) is 0 Å². The molecule has 0 amide bonds. The van der Waals surface area contributed by atoms with Crippen molar-refractivity contribution in [2.24, 2.45) is 5.73 Å². The fourth-order valence-electron chi connectivity index (χ4n) is 1.56. The molecule has 2 N–H and O–H groups in total. The Morgan fingerprint density at radius 1 is 1.39 bits per heavy atom. The molecule has 0 saturated heterocycles. The Morgan fingerprint density at radius 2 is 2.11 bits per heavy atom. The van der Waals surface area contributed by atoms with E-state index < -0.39 is 0 Å². The Labute approximate surface area is 121 Å². The number of hydrogen-bond acceptors (Lipinski definition) is 4. The average molecular weight is 299 g/mol. The van der Waals surface area contributed by atoms with Crippen LogP contribution >= 0.6 is 34.7 Å². The maximum atomic E-state index is 6.11. The van der Waals surface area contributed by atoms with Gasteiger partial charge in [0.2, 0.25) is 0 Å². The van der Waals surface area contributed by atoms with E-state index in [1.807, 2.05) is 31.2 Å². The molecule has 1 aromatic carbocycles. The van der Waals surface area contributed by atoms with E-state index in [0.29, 0.717) is 0 Å². The summed E-state index contributed by atoms with van der Waals surface area (Å²) in [6.45, 7) is 2.02. The Balaban J connectivity index is 1.81. The highest BCUT2D eigenvalue weighted by Crippen LogP contribution is 2.21. The summed E-state index contributed by atoms with van der Waals surface area (Å²) in [4.78, 5) is 5.63. The van der Waals surface area contributed by atoms with Crippen molar-refractivity contribution in [3.05, 3.63) is 45.4 Å². The number of rotatable bonds is 5. The smallest absolute Gasteiger partial charge is 0.0897 e. The van der Waals surface area contributed by atoms with Gasteiger partial charge in [0.25, 0.3) is 0 Å². The molecule has 96 valence electrons. The van der Waals surface area contributed by atoms with Crippen LogP contribution in [0.2, 0.25) is 5.02 Å². The molecule has 0 spiro atoms. The molecule has 0 aliphatic heterocycles. The fourth-order valence-corrected chi connectivity index (χ4v) is 3.17. The van der Waals surface area contributed by atoms with Crippen molar-refractivity contribution in [2.45, 2.75) is 24.3 Å². The monoisotopic (exact) mass is 298 g/mol. The molecule has 2 rings (SSSR count). The van der Waals surface area contributed by atoms with Crippen LogP contribution in [0.25, 0.3) is 0 Å². The van der Waals surface area contributed by atoms with Gasteiger partial charge in [-0.2, -0.15) is 0 Å². The predicted molar refractivity (Wildman–Crippen MR) is 80.7 cm³/mol. The SMILES string of the molecule is Cc1nc(CC(N)CSc2ccc(Cl)cc2)cs1. The molecule has 0 fully saturated rings. The fraction of sp³-hybridized carbons (Fsp3) is 0.308. The van der Waals surface area contributed by atoms with Gasteiger partial charge in [0.05, 0.1) is 10.7 Å². The third kappa shape index (κ3) is 4.28. The summed E-state index contributed by atoms with van der Waals surface area (Å²) in [6.07, 6.45) is 0.838. The lowest BCUT2D eigenvalue weighted by atomic mass is 10.2. The highest BCUT2D eigenvalue weighted by atomic mass is 35.5. The van der Waals surface area contributed by atoms with Crippen LogP contribution in [0.3, 0.4) is 0 Å². The minimum absolute atomic E-state index is 0.132. The Bertz CT molecular complexity index is 496. The highest BCUT2D eigenvalue weighted by molar-refractivity contribution is 7.99. The standard InChI is InChI=1S/C13H15ClN2S2/c1-9-16-12(8-17-9)6-11(15)7-18-13-4-2-10(14)3-5-13/h2-5,8,11H,6-7,15H2,1H3. The van der Waals surface area contributed by atoms with E-state index in [1.54, 1.807) is 23.1 Å². The second-order valence-electron chi connectivity index (χ2n) is 4.09. The number of aromatic nitrogens is 1. The van der Waals surface area contributed by atoms with Gasteiger partial charge < -0.3 is 5.73 Å². The third-order valence-electron chi connectivity index (χ3n) is 2.42. The van der Waals surface area contributed by atoms with Crippen LogP contribution in [0, 0.1) is 6.92 Å². The van der Waals surface area contributed by atoms with E-state index in [-0.39, 0.29) is 6.04 Å². The lowest BCUT2D eigenvalue weighted by Gasteiger charge is -2.09. The summed E-state index contributed by atoms with van der Waals surface area (Å²) in [5.41, 5.74) is 7.21. The molecule has 2 aromatic rings. The van der Waals surface area contributed by atoms with Crippen molar-refractivity contribution in [3.63, 3.8) is 0 Å². The maximum absolute atomic E-state index is 6.11. The first kappa shape index (κ1) is 13.9. The molecular formula is C13H15ClN2S2. The lowest BCUT2D eigenvalue weighted by Crippen LogP contribution is -2.25. The van der Waals surface area contributed by atoms with E-state index in [9.17, 15) is 0 Å². The van der Waals surface area contributed by atoms with E-state index in [1.165, 1.54) is 4.90 Å². The zero-order valence-corrected chi connectivity index (χ0v) is 12.5.